The predicted molar refractivity (Wildman–Crippen MR) is 39.5 cm³/mol. The summed E-state index contributed by atoms with van der Waals surface area (Å²) in [4.78, 5) is 6.75. The molecule has 2 nitrogen and oxygen atoms in total. The van der Waals surface area contributed by atoms with Gasteiger partial charge in [0.15, 0.2) is 0 Å². The number of hydrogen-bond acceptors (Lipinski definition) is 2. The van der Waals surface area contributed by atoms with Gasteiger partial charge < -0.3 is 0 Å². The Labute approximate surface area is 78.9 Å². The van der Waals surface area contributed by atoms with Crippen LogP contribution in [0.3, 0.4) is 0 Å². The molecule has 49 valence electrons. The van der Waals surface area contributed by atoms with E-state index < -0.39 is 0 Å². The summed E-state index contributed by atoms with van der Waals surface area (Å²) in [5.74, 6) is 0. The van der Waals surface area contributed by atoms with Crippen LogP contribution in [0.25, 0.3) is 0 Å². The van der Waals surface area contributed by atoms with Crippen LogP contribution in [0.5, 0.6) is 0 Å². The quantitative estimate of drug-likeness (QED) is 0.598. The van der Waals surface area contributed by atoms with Crippen molar-refractivity contribution in [2.45, 2.75) is 14.9 Å². The van der Waals surface area contributed by atoms with Crippen LogP contribution in [0, 0.1) is 0 Å². The van der Waals surface area contributed by atoms with Crippen LogP contribution in [0.2, 0.25) is 0 Å². The maximum Gasteiger partial charge on any atom is 0.127 e. The van der Waals surface area contributed by atoms with Gasteiger partial charge in [-0.25, -0.2) is 0 Å². The molecule has 0 saturated carbocycles. The molecule has 0 aliphatic rings. The number of nitrogens with zero attached hydrogens (tertiary/aromatic N) is 2. The molecule has 3 heteroatoms. The summed E-state index contributed by atoms with van der Waals surface area (Å²) in [6, 6.07) is 0. The fourth-order valence-corrected chi connectivity index (χ4v) is 0.0707. The zero-order chi connectivity index (χ0) is 4.12. The van der Waals surface area contributed by atoms with E-state index >= 15 is 0 Å². The van der Waals surface area contributed by atoms with Gasteiger partial charge in [0.25, 0.3) is 0 Å². The normalized spacial score (nSPS) is 4.00. The molecule has 1 radical (unpaired) electrons. The molecule has 0 saturated heterocycles. The summed E-state index contributed by atoms with van der Waals surface area (Å²) in [5, 5.41) is 0. The third-order valence-electron chi connectivity index (χ3n) is 0.200. The van der Waals surface area contributed by atoms with E-state index in [0.29, 0.717) is 6.67 Å². The fourth-order valence-electron chi connectivity index (χ4n) is 0.0707. The van der Waals surface area contributed by atoms with E-state index in [1.54, 1.807) is 0 Å². The van der Waals surface area contributed by atoms with Crippen molar-refractivity contribution >= 4 is 13.4 Å². The minimum absolute atomic E-state index is 0. The first-order chi connectivity index (χ1) is 2.41. The molecule has 0 amide bonds. The van der Waals surface area contributed by atoms with Crippen molar-refractivity contribution in [3.8, 4) is 0 Å². The van der Waals surface area contributed by atoms with Crippen LogP contribution in [0.4, 0.5) is 0 Å². The van der Waals surface area contributed by atoms with Gasteiger partial charge in [0.2, 0.25) is 0 Å². The Balaban J connectivity index is -0.0000000133. The van der Waals surface area contributed by atoms with Crippen LogP contribution < -0.4 is 0 Å². The van der Waals surface area contributed by atoms with Crippen molar-refractivity contribution < 1.29 is 34.1 Å². The van der Waals surface area contributed by atoms with E-state index in [2.05, 4.69) is 23.4 Å². The molecule has 0 fully saturated rings. The van der Waals surface area contributed by atoms with Crippen LogP contribution in [0.15, 0.2) is 9.98 Å². The summed E-state index contributed by atoms with van der Waals surface area (Å²) in [7, 11) is 0. The number of aliphatic imine (C=N–C) groups is 2. The maximum absolute atomic E-state index is 3.38. The molecular formula is C5H16N2Y. The van der Waals surface area contributed by atoms with Gasteiger partial charge in [-0.05, 0) is 13.4 Å². The summed E-state index contributed by atoms with van der Waals surface area (Å²) in [6.45, 7) is 6.75. The van der Waals surface area contributed by atoms with Gasteiger partial charge in [-0.15, -0.1) is 0 Å². The van der Waals surface area contributed by atoms with Crippen molar-refractivity contribution in [3.63, 3.8) is 0 Å². The minimum Gasteiger partial charge on any atom is -0.278 e. The molecule has 0 spiro atoms. The van der Waals surface area contributed by atoms with Crippen molar-refractivity contribution in [2.75, 3.05) is 6.67 Å². The van der Waals surface area contributed by atoms with Gasteiger partial charge in [0.1, 0.15) is 6.67 Å². The molecule has 8 heavy (non-hydrogen) atoms. The summed E-state index contributed by atoms with van der Waals surface area (Å²) >= 11 is 0. The standard InChI is InChI=1S/C3H6N2.2CH4.Y.H2/c1-4-3-5-2;;;;/h1-3H2;2*1H4;;1H. The molecule has 0 rings (SSSR count). The maximum atomic E-state index is 3.38. The smallest absolute Gasteiger partial charge is 0.127 e. The van der Waals surface area contributed by atoms with Crippen LogP contribution >= 0.6 is 0 Å². The second-order valence-electron chi connectivity index (χ2n) is 0.589. The van der Waals surface area contributed by atoms with Crippen LogP contribution in [0.1, 0.15) is 16.3 Å². The van der Waals surface area contributed by atoms with Gasteiger partial charge in [0.05, 0.1) is 0 Å². The third-order valence-corrected chi connectivity index (χ3v) is 0.200. The summed E-state index contributed by atoms with van der Waals surface area (Å²) < 4.78 is 0. The molecule has 0 atom stereocenters. The van der Waals surface area contributed by atoms with Crippen LogP contribution in [-0.4, -0.2) is 20.1 Å². The first-order valence-electron chi connectivity index (χ1n) is 1.26. The molecule has 0 heterocycles. The Kier molecular flexibility index (Phi) is 77.2. The zero-order valence-electron chi connectivity index (χ0n) is 3.59. The molecule has 0 aliphatic carbocycles. The molecular weight excluding hydrogens is 177 g/mol. The van der Waals surface area contributed by atoms with Gasteiger partial charge >= 0.3 is 0 Å². The summed E-state index contributed by atoms with van der Waals surface area (Å²) in [6.07, 6.45) is 0. The van der Waals surface area contributed by atoms with Crippen molar-refractivity contribution in [2.24, 2.45) is 9.98 Å². The van der Waals surface area contributed by atoms with Gasteiger partial charge in [-0.3, -0.25) is 9.98 Å². The first-order valence-corrected chi connectivity index (χ1v) is 1.26. The largest absolute Gasteiger partial charge is 0.278 e. The first kappa shape index (κ1) is 23.7. The van der Waals surface area contributed by atoms with E-state index in [1.165, 1.54) is 0 Å². The average Bonchev–Trinajstić information content (AvgIpc) is 1.41. The molecule has 0 aromatic rings. The van der Waals surface area contributed by atoms with Crippen molar-refractivity contribution in [1.29, 1.82) is 0 Å². The van der Waals surface area contributed by atoms with Crippen molar-refractivity contribution in [3.05, 3.63) is 0 Å². The SMILES string of the molecule is C.C.C=NCN=C.[HH].[Y]. The Bertz CT molecular complexity index is 44.2. The zero-order valence-corrected chi connectivity index (χ0v) is 6.43. The topological polar surface area (TPSA) is 24.7 Å². The average molecular weight is 193 g/mol. The molecule has 0 unspecified atom stereocenters. The van der Waals surface area contributed by atoms with Gasteiger partial charge in [-0.1, -0.05) is 14.9 Å². The van der Waals surface area contributed by atoms with E-state index in [-0.39, 0.29) is 49.0 Å². The Morgan fingerprint density at radius 3 is 1.38 bits per heavy atom. The molecule has 0 bridgehead atoms. The fraction of sp³-hybridized carbons (Fsp3) is 0.600. The van der Waals surface area contributed by atoms with Gasteiger partial charge in [-0.2, -0.15) is 0 Å². The predicted octanol–water partition coefficient (Wildman–Crippen LogP) is 1.86. The summed E-state index contributed by atoms with van der Waals surface area (Å²) in [5.41, 5.74) is 0. The van der Waals surface area contributed by atoms with E-state index in [1.807, 2.05) is 0 Å². The monoisotopic (exact) mass is 193 g/mol. The van der Waals surface area contributed by atoms with Gasteiger partial charge in [0, 0.05) is 34.1 Å². The molecule has 0 N–H and O–H groups in total. The number of hydrogen-bond donors (Lipinski definition) is 0. The van der Waals surface area contributed by atoms with Crippen molar-refractivity contribution in [1.82, 2.24) is 0 Å². The van der Waals surface area contributed by atoms with E-state index in [9.17, 15) is 0 Å². The second kappa shape index (κ2) is 26.1. The third kappa shape index (κ3) is 32.0. The Morgan fingerprint density at radius 1 is 1.12 bits per heavy atom. The number of rotatable bonds is 2. The second-order valence-corrected chi connectivity index (χ2v) is 0.589. The Hall–Kier alpha value is 0.444. The molecule has 0 aliphatic heterocycles. The van der Waals surface area contributed by atoms with E-state index in [0.717, 1.165) is 0 Å². The Morgan fingerprint density at radius 2 is 1.38 bits per heavy atom. The minimum atomic E-state index is 0. The molecule has 0 aromatic heterocycles. The molecule has 0 aromatic carbocycles. The van der Waals surface area contributed by atoms with Crippen LogP contribution in [-0.2, 0) is 32.7 Å². The van der Waals surface area contributed by atoms with E-state index in [4.69, 9.17) is 0 Å².